The summed E-state index contributed by atoms with van der Waals surface area (Å²) in [7, 11) is 0. The van der Waals surface area contributed by atoms with Crippen LogP contribution in [0.15, 0.2) is 36.4 Å². The van der Waals surface area contributed by atoms with Gasteiger partial charge in [0.15, 0.2) is 0 Å². The molecule has 0 saturated carbocycles. The van der Waals surface area contributed by atoms with Gasteiger partial charge in [0, 0.05) is 17.0 Å². The van der Waals surface area contributed by atoms with Crippen LogP contribution in [0, 0.1) is 11.3 Å². The first-order valence-corrected chi connectivity index (χ1v) is 11.5. The standard InChI is InChI=1S/C25H33ClN4O2/c1-7-16(2)23(31)28-22-12-11-21-20(27-22)15-29(17(3)14-25(4,5)6)24(32)30(21)19-10-8-9-18(26)13-19/h8-13,16-17H,7,14-15H2,1-6H3,(H,27,28,31)/t16-,17?/m1/s1. The molecule has 0 spiro atoms. The van der Waals surface area contributed by atoms with E-state index in [0.29, 0.717) is 28.8 Å². The molecule has 0 aliphatic carbocycles. The SMILES string of the molecule is CC[C@@H](C)C(=O)Nc1ccc2c(n1)CN(C(C)CC(C)(C)C)C(=O)N2c1cccc(Cl)c1. The third-order valence-corrected chi connectivity index (χ3v) is 6.00. The number of carbonyl (C=O) groups excluding carboxylic acids is 2. The number of hydrogen-bond donors (Lipinski definition) is 1. The molecule has 0 radical (unpaired) electrons. The first kappa shape index (κ1) is 24.1. The van der Waals surface area contributed by atoms with Gasteiger partial charge < -0.3 is 10.2 Å². The van der Waals surface area contributed by atoms with Crippen LogP contribution in [0.2, 0.25) is 5.02 Å². The van der Waals surface area contributed by atoms with Crippen LogP contribution in [0.25, 0.3) is 0 Å². The fourth-order valence-corrected chi connectivity index (χ4v) is 4.17. The molecule has 3 rings (SSSR count). The van der Waals surface area contributed by atoms with Crippen molar-refractivity contribution in [2.24, 2.45) is 11.3 Å². The van der Waals surface area contributed by atoms with E-state index in [-0.39, 0.29) is 29.3 Å². The lowest BCUT2D eigenvalue weighted by Gasteiger charge is -2.41. The molecule has 2 heterocycles. The minimum absolute atomic E-state index is 0.0116. The molecule has 32 heavy (non-hydrogen) atoms. The fourth-order valence-electron chi connectivity index (χ4n) is 3.98. The predicted octanol–water partition coefficient (Wildman–Crippen LogP) is 6.62. The van der Waals surface area contributed by atoms with Gasteiger partial charge in [-0.15, -0.1) is 0 Å². The van der Waals surface area contributed by atoms with Crippen molar-refractivity contribution in [2.75, 3.05) is 10.2 Å². The van der Waals surface area contributed by atoms with Gasteiger partial charge in [-0.05, 0) is 55.5 Å². The number of aromatic nitrogens is 1. The van der Waals surface area contributed by atoms with Gasteiger partial charge in [-0.25, -0.2) is 9.78 Å². The van der Waals surface area contributed by atoms with Crippen molar-refractivity contribution in [1.82, 2.24) is 9.88 Å². The van der Waals surface area contributed by atoms with Crippen LogP contribution in [0.4, 0.5) is 22.0 Å². The maximum Gasteiger partial charge on any atom is 0.329 e. The molecule has 172 valence electrons. The molecule has 3 amide bonds. The molecule has 2 aromatic rings. The summed E-state index contributed by atoms with van der Waals surface area (Å²) in [5, 5.41) is 3.46. The number of halogens is 1. The number of amides is 3. The van der Waals surface area contributed by atoms with Gasteiger partial charge in [0.1, 0.15) is 5.82 Å². The number of urea groups is 1. The Hall–Kier alpha value is -2.60. The van der Waals surface area contributed by atoms with E-state index in [0.717, 1.165) is 18.5 Å². The number of pyridine rings is 1. The third-order valence-electron chi connectivity index (χ3n) is 5.77. The van der Waals surface area contributed by atoms with Crippen LogP contribution < -0.4 is 10.2 Å². The molecule has 1 aromatic carbocycles. The molecule has 0 bridgehead atoms. The Labute approximate surface area is 196 Å². The van der Waals surface area contributed by atoms with Gasteiger partial charge in [0.2, 0.25) is 5.91 Å². The first-order chi connectivity index (χ1) is 15.0. The summed E-state index contributed by atoms with van der Waals surface area (Å²) in [6.45, 7) is 12.8. The highest BCUT2D eigenvalue weighted by atomic mass is 35.5. The van der Waals surface area contributed by atoms with Gasteiger partial charge >= 0.3 is 6.03 Å². The molecule has 0 fully saturated rings. The van der Waals surface area contributed by atoms with E-state index in [1.54, 1.807) is 23.1 Å². The van der Waals surface area contributed by atoms with Crippen molar-refractivity contribution >= 4 is 40.7 Å². The molecular formula is C25H33ClN4O2. The number of fused-ring (bicyclic) bond motifs is 1. The predicted molar refractivity (Wildman–Crippen MR) is 130 cm³/mol. The number of rotatable bonds is 6. The van der Waals surface area contributed by atoms with Crippen molar-refractivity contribution in [3.63, 3.8) is 0 Å². The maximum absolute atomic E-state index is 13.6. The van der Waals surface area contributed by atoms with Gasteiger partial charge in [-0.2, -0.15) is 0 Å². The normalized spacial score (nSPS) is 15.9. The largest absolute Gasteiger partial charge is 0.329 e. The highest BCUT2D eigenvalue weighted by Crippen LogP contribution is 2.37. The topological polar surface area (TPSA) is 65.5 Å². The van der Waals surface area contributed by atoms with Crippen LogP contribution in [-0.2, 0) is 11.3 Å². The van der Waals surface area contributed by atoms with Crippen LogP contribution >= 0.6 is 11.6 Å². The summed E-state index contributed by atoms with van der Waals surface area (Å²) in [6, 6.07) is 10.8. The molecule has 1 aromatic heterocycles. The number of benzene rings is 1. The smallest absolute Gasteiger partial charge is 0.315 e. The summed E-state index contributed by atoms with van der Waals surface area (Å²) in [5.74, 6) is 0.343. The second-order valence-corrected chi connectivity index (χ2v) is 10.2. The molecular weight excluding hydrogens is 424 g/mol. The lowest BCUT2D eigenvalue weighted by atomic mass is 9.88. The third kappa shape index (κ3) is 5.41. The molecule has 6 nitrogen and oxygen atoms in total. The quantitative estimate of drug-likeness (QED) is 0.531. The van der Waals surface area contributed by atoms with E-state index < -0.39 is 0 Å². The van der Waals surface area contributed by atoms with Crippen LogP contribution in [-0.4, -0.2) is 27.9 Å². The number of nitrogens with zero attached hydrogens (tertiary/aromatic N) is 3. The maximum atomic E-state index is 13.6. The van der Waals surface area contributed by atoms with Crippen molar-refractivity contribution in [3.8, 4) is 0 Å². The Balaban J connectivity index is 2.02. The second kappa shape index (κ2) is 9.49. The molecule has 1 N–H and O–H groups in total. The molecule has 1 aliphatic rings. The molecule has 1 unspecified atom stereocenters. The Kier molecular flexibility index (Phi) is 7.13. The van der Waals surface area contributed by atoms with E-state index in [4.69, 9.17) is 16.6 Å². The summed E-state index contributed by atoms with van der Waals surface area (Å²) < 4.78 is 0. The Bertz CT molecular complexity index is 1000. The molecule has 7 heteroatoms. The monoisotopic (exact) mass is 456 g/mol. The minimum atomic E-state index is -0.102. The number of carbonyl (C=O) groups is 2. The number of anilines is 3. The van der Waals surface area contributed by atoms with Crippen molar-refractivity contribution in [2.45, 2.75) is 67.0 Å². The molecule has 2 atom stereocenters. The Morgan fingerprint density at radius 3 is 2.56 bits per heavy atom. The highest BCUT2D eigenvalue weighted by Gasteiger charge is 2.36. The van der Waals surface area contributed by atoms with E-state index >= 15 is 0 Å². The molecule has 0 saturated heterocycles. The highest BCUT2D eigenvalue weighted by molar-refractivity contribution is 6.31. The summed E-state index contributed by atoms with van der Waals surface area (Å²) in [5.41, 5.74) is 2.21. The Morgan fingerprint density at radius 1 is 1.22 bits per heavy atom. The van der Waals surface area contributed by atoms with Crippen molar-refractivity contribution in [3.05, 3.63) is 47.1 Å². The number of hydrogen-bond acceptors (Lipinski definition) is 3. The van der Waals surface area contributed by atoms with E-state index in [1.165, 1.54) is 0 Å². The van der Waals surface area contributed by atoms with Gasteiger partial charge in [-0.1, -0.05) is 52.3 Å². The van der Waals surface area contributed by atoms with Gasteiger partial charge in [0.25, 0.3) is 0 Å². The first-order valence-electron chi connectivity index (χ1n) is 11.2. The zero-order valence-corrected chi connectivity index (χ0v) is 20.5. The zero-order valence-electron chi connectivity index (χ0n) is 19.8. The van der Waals surface area contributed by atoms with Gasteiger partial charge in [-0.3, -0.25) is 9.69 Å². The summed E-state index contributed by atoms with van der Waals surface area (Å²) >= 11 is 6.24. The lowest BCUT2D eigenvalue weighted by Crippen LogP contribution is -2.49. The Morgan fingerprint density at radius 2 is 1.94 bits per heavy atom. The van der Waals surface area contributed by atoms with Crippen molar-refractivity contribution in [1.29, 1.82) is 0 Å². The van der Waals surface area contributed by atoms with E-state index in [2.05, 4.69) is 33.0 Å². The minimum Gasteiger partial charge on any atom is -0.315 e. The average molecular weight is 457 g/mol. The summed E-state index contributed by atoms with van der Waals surface area (Å²) in [6.07, 6.45) is 1.60. The lowest BCUT2D eigenvalue weighted by molar-refractivity contribution is -0.119. The van der Waals surface area contributed by atoms with Crippen LogP contribution in [0.1, 0.15) is 60.1 Å². The zero-order chi connectivity index (χ0) is 23.6. The van der Waals surface area contributed by atoms with Crippen LogP contribution in [0.3, 0.4) is 0 Å². The number of nitrogens with one attached hydrogen (secondary N) is 1. The fraction of sp³-hybridized carbons (Fsp3) is 0.480. The average Bonchev–Trinajstić information content (AvgIpc) is 2.71. The van der Waals surface area contributed by atoms with E-state index in [9.17, 15) is 9.59 Å². The molecule has 1 aliphatic heterocycles. The van der Waals surface area contributed by atoms with Gasteiger partial charge in [0.05, 0.1) is 23.6 Å². The summed E-state index contributed by atoms with van der Waals surface area (Å²) in [4.78, 5) is 34.2. The van der Waals surface area contributed by atoms with Crippen molar-refractivity contribution < 1.29 is 9.59 Å². The second-order valence-electron chi connectivity index (χ2n) is 9.80. The van der Waals surface area contributed by atoms with Crippen LogP contribution in [0.5, 0.6) is 0 Å². The van der Waals surface area contributed by atoms with E-state index in [1.807, 2.05) is 36.9 Å².